The van der Waals surface area contributed by atoms with Crippen molar-refractivity contribution in [1.29, 1.82) is 0 Å². The van der Waals surface area contributed by atoms with Crippen LogP contribution in [0.3, 0.4) is 0 Å². The maximum atomic E-state index is 13.0. The lowest BCUT2D eigenvalue weighted by molar-refractivity contribution is -0.129. The summed E-state index contributed by atoms with van der Waals surface area (Å²) in [5.74, 6) is 0.817. The second kappa shape index (κ2) is 12.6. The fourth-order valence-corrected chi connectivity index (χ4v) is 3.66. The molecule has 0 fully saturated rings. The normalized spacial score (nSPS) is 17.0. The summed E-state index contributed by atoms with van der Waals surface area (Å²) in [6.45, 7) is 0.865. The minimum Gasteiger partial charge on any atom is -0.497 e. The van der Waals surface area contributed by atoms with Gasteiger partial charge in [-0.05, 0) is 54.3 Å². The molecule has 2 amide bonds. The molecule has 2 aromatic rings. The number of benzene rings is 2. The first-order valence-corrected chi connectivity index (χ1v) is 11.1. The standard InChI is InChI=1S/C25H31N3O5/c1-32-20-15-18-8-7-13-26-22(10-3-2-4-12-24(29)28-31)25(30)27-21-9-5-6-11-23(21)33-17-19(14-18)16-20/h5-9,11,14-16,22,26,31H,2-4,10,12-13,17H2,1H3,(H,27,30)(H,28,29)/b8-7-/t22-/m0/s1. The van der Waals surface area contributed by atoms with Crippen LogP contribution in [0.2, 0.25) is 0 Å². The van der Waals surface area contributed by atoms with Gasteiger partial charge in [0.15, 0.2) is 0 Å². The highest BCUT2D eigenvalue weighted by Crippen LogP contribution is 2.26. The minimum absolute atomic E-state index is 0.134. The summed E-state index contributed by atoms with van der Waals surface area (Å²) in [4.78, 5) is 24.2. The number of carbonyl (C=O) groups is 2. The number of rotatable bonds is 7. The third kappa shape index (κ3) is 7.62. The molecule has 1 heterocycles. The van der Waals surface area contributed by atoms with Gasteiger partial charge in [0.2, 0.25) is 11.8 Å². The van der Waals surface area contributed by atoms with Crippen LogP contribution in [-0.4, -0.2) is 36.7 Å². The second-order valence-electron chi connectivity index (χ2n) is 7.89. The van der Waals surface area contributed by atoms with Crippen molar-refractivity contribution in [2.24, 2.45) is 0 Å². The summed E-state index contributed by atoms with van der Waals surface area (Å²) < 4.78 is 11.5. The molecule has 0 aliphatic carbocycles. The van der Waals surface area contributed by atoms with Gasteiger partial charge in [-0.25, -0.2) is 5.48 Å². The predicted molar refractivity (Wildman–Crippen MR) is 126 cm³/mol. The van der Waals surface area contributed by atoms with Crippen molar-refractivity contribution in [3.8, 4) is 11.5 Å². The molecule has 0 radical (unpaired) electrons. The Morgan fingerprint density at radius 2 is 2.06 bits per heavy atom. The highest BCUT2D eigenvalue weighted by Gasteiger charge is 2.19. The number of ether oxygens (including phenoxy) is 2. The molecule has 1 aliphatic heterocycles. The highest BCUT2D eigenvalue weighted by molar-refractivity contribution is 5.96. The van der Waals surface area contributed by atoms with Gasteiger partial charge in [-0.15, -0.1) is 0 Å². The summed E-state index contributed by atoms with van der Waals surface area (Å²) in [6.07, 6.45) is 7.04. The van der Waals surface area contributed by atoms with Gasteiger partial charge in [0, 0.05) is 13.0 Å². The number of nitrogens with one attached hydrogen (secondary N) is 3. The third-order valence-electron chi connectivity index (χ3n) is 5.39. The summed E-state index contributed by atoms with van der Waals surface area (Å²) in [5, 5.41) is 14.9. The number of hydroxylamine groups is 1. The highest BCUT2D eigenvalue weighted by atomic mass is 16.5. The van der Waals surface area contributed by atoms with E-state index >= 15 is 0 Å². The molecule has 8 heteroatoms. The number of amides is 2. The van der Waals surface area contributed by atoms with Gasteiger partial charge < -0.3 is 20.1 Å². The first kappa shape index (κ1) is 24.3. The van der Waals surface area contributed by atoms with Crippen molar-refractivity contribution in [2.75, 3.05) is 19.0 Å². The molecule has 0 spiro atoms. The lowest BCUT2D eigenvalue weighted by atomic mass is 10.1. The van der Waals surface area contributed by atoms with E-state index in [4.69, 9.17) is 14.7 Å². The number of hydrogen-bond acceptors (Lipinski definition) is 6. The third-order valence-corrected chi connectivity index (χ3v) is 5.39. The van der Waals surface area contributed by atoms with E-state index in [2.05, 4.69) is 10.6 Å². The molecular formula is C25H31N3O5. The van der Waals surface area contributed by atoms with E-state index in [0.29, 0.717) is 37.4 Å². The number of methoxy groups -OCH3 is 1. The van der Waals surface area contributed by atoms with Crippen LogP contribution in [0, 0.1) is 0 Å². The van der Waals surface area contributed by atoms with Crippen LogP contribution in [0.4, 0.5) is 5.69 Å². The Hall–Kier alpha value is -3.36. The van der Waals surface area contributed by atoms with Crippen molar-refractivity contribution < 1.29 is 24.3 Å². The zero-order valence-corrected chi connectivity index (χ0v) is 18.8. The summed E-state index contributed by atoms with van der Waals surface area (Å²) >= 11 is 0. The molecule has 4 N–H and O–H groups in total. The maximum absolute atomic E-state index is 13.0. The van der Waals surface area contributed by atoms with Gasteiger partial charge >= 0.3 is 0 Å². The van der Waals surface area contributed by atoms with E-state index < -0.39 is 11.9 Å². The molecule has 176 valence electrons. The molecule has 1 aliphatic rings. The molecule has 0 saturated heterocycles. The zero-order valence-electron chi connectivity index (χ0n) is 18.8. The fraction of sp³-hybridized carbons (Fsp3) is 0.360. The molecule has 2 aromatic carbocycles. The first-order chi connectivity index (χ1) is 16.1. The van der Waals surface area contributed by atoms with Gasteiger partial charge in [-0.1, -0.05) is 37.1 Å². The second-order valence-corrected chi connectivity index (χ2v) is 7.89. The number of para-hydroxylation sites is 2. The molecule has 0 saturated carbocycles. The first-order valence-electron chi connectivity index (χ1n) is 11.1. The smallest absolute Gasteiger partial charge is 0.243 e. The Labute approximate surface area is 193 Å². The predicted octanol–water partition coefficient (Wildman–Crippen LogP) is 3.65. The summed E-state index contributed by atoms with van der Waals surface area (Å²) in [7, 11) is 1.64. The van der Waals surface area contributed by atoms with E-state index in [1.54, 1.807) is 12.6 Å². The molecule has 0 aromatic heterocycles. The monoisotopic (exact) mass is 453 g/mol. The minimum atomic E-state index is -0.404. The molecular weight excluding hydrogens is 422 g/mol. The summed E-state index contributed by atoms with van der Waals surface area (Å²) in [5.41, 5.74) is 4.21. The number of unbranched alkanes of at least 4 members (excludes halogenated alkanes) is 2. The van der Waals surface area contributed by atoms with E-state index in [0.717, 1.165) is 29.7 Å². The average Bonchev–Trinajstić information content (AvgIpc) is 2.83. The van der Waals surface area contributed by atoms with Crippen LogP contribution in [-0.2, 0) is 16.2 Å². The average molecular weight is 454 g/mol. The van der Waals surface area contributed by atoms with Crippen LogP contribution in [0.15, 0.2) is 48.5 Å². The van der Waals surface area contributed by atoms with E-state index in [1.165, 1.54) is 0 Å². The molecule has 33 heavy (non-hydrogen) atoms. The Morgan fingerprint density at radius 1 is 1.21 bits per heavy atom. The number of anilines is 1. The van der Waals surface area contributed by atoms with Crippen LogP contribution in [0.5, 0.6) is 11.5 Å². The zero-order chi connectivity index (χ0) is 23.5. The van der Waals surface area contributed by atoms with Crippen molar-refractivity contribution in [3.63, 3.8) is 0 Å². The molecule has 0 unspecified atom stereocenters. The maximum Gasteiger partial charge on any atom is 0.243 e. The van der Waals surface area contributed by atoms with Crippen molar-refractivity contribution >= 4 is 23.6 Å². The van der Waals surface area contributed by atoms with Gasteiger partial charge in [-0.3, -0.25) is 14.8 Å². The van der Waals surface area contributed by atoms with Crippen LogP contribution in [0.1, 0.15) is 43.2 Å². The largest absolute Gasteiger partial charge is 0.497 e. The van der Waals surface area contributed by atoms with Gasteiger partial charge in [-0.2, -0.15) is 0 Å². The van der Waals surface area contributed by atoms with Crippen molar-refractivity contribution in [1.82, 2.24) is 10.8 Å². The molecule has 8 nitrogen and oxygen atoms in total. The molecule has 1 atom stereocenters. The molecule has 2 bridgehead atoms. The Kier molecular flexibility index (Phi) is 9.29. The van der Waals surface area contributed by atoms with Crippen LogP contribution >= 0.6 is 0 Å². The van der Waals surface area contributed by atoms with Crippen molar-refractivity contribution in [2.45, 2.75) is 44.8 Å². The van der Waals surface area contributed by atoms with Crippen LogP contribution < -0.4 is 25.6 Å². The van der Waals surface area contributed by atoms with Gasteiger partial charge in [0.25, 0.3) is 0 Å². The van der Waals surface area contributed by atoms with Crippen molar-refractivity contribution in [3.05, 3.63) is 59.7 Å². The van der Waals surface area contributed by atoms with E-state index in [9.17, 15) is 9.59 Å². The lowest BCUT2D eigenvalue weighted by Gasteiger charge is -2.20. The van der Waals surface area contributed by atoms with Crippen LogP contribution in [0.25, 0.3) is 6.08 Å². The number of carbonyl (C=O) groups excluding carboxylic acids is 2. The Balaban J connectivity index is 1.75. The number of hydrogen-bond donors (Lipinski definition) is 4. The quantitative estimate of drug-likeness (QED) is 0.289. The van der Waals surface area contributed by atoms with E-state index in [-0.39, 0.29) is 12.3 Å². The Morgan fingerprint density at radius 3 is 2.88 bits per heavy atom. The SMILES string of the molecule is COc1cc2cc(c1)COc1ccccc1NC(=O)[C@H](CCCCCC(=O)NO)NC/C=C\2. The van der Waals surface area contributed by atoms with E-state index in [1.807, 2.05) is 54.6 Å². The number of fused-ring (bicyclic) bond motifs is 3. The van der Waals surface area contributed by atoms with Gasteiger partial charge in [0.05, 0.1) is 18.8 Å². The lowest BCUT2D eigenvalue weighted by Crippen LogP contribution is -2.40. The molecule has 3 rings (SSSR count). The fourth-order valence-electron chi connectivity index (χ4n) is 3.66. The van der Waals surface area contributed by atoms with Gasteiger partial charge in [0.1, 0.15) is 18.1 Å². The Bertz CT molecular complexity index is 976. The topological polar surface area (TPSA) is 109 Å². The summed E-state index contributed by atoms with van der Waals surface area (Å²) in [6, 6.07) is 12.9.